The third kappa shape index (κ3) is 5.00. The van der Waals surface area contributed by atoms with E-state index in [1.54, 1.807) is 15.8 Å². The number of hydrogen-bond acceptors (Lipinski definition) is 6. The highest BCUT2D eigenvalue weighted by Crippen LogP contribution is 2.15. The number of aromatic nitrogens is 4. The number of carbonyl (C=O) groups excluding carboxylic acids is 1. The minimum absolute atomic E-state index is 0.0928. The first-order valence-corrected chi connectivity index (χ1v) is 10.0. The Kier molecular flexibility index (Phi) is 6.76. The quantitative estimate of drug-likeness (QED) is 0.749. The molecule has 0 aliphatic carbocycles. The first kappa shape index (κ1) is 21.4. The molecule has 0 saturated carbocycles. The normalized spacial score (nSPS) is 14.4. The maximum atomic E-state index is 12.5. The average molecular weight is 409 g/mol. The second-order valence-electron chi connectivity index (χ2n) is 7.80. The summed E-state index contributed by atoms with van der Waals surface area (Å²) < 4.78 is 1.74. The summed E-state index contributed by atoms with van der Waals surface area (Å²) in [6.07, 6.45) is 6.99. The molecular weight excluding hydrogens is 380 g/mol. The van der Waals surface area contributed by atoms with Crippen LogP contribution in [0.4, 0.5) is 10.6 Å². The molecule has 1 aliphatic rings. The van der Waals surface area contributed by atoms with E-state index in [-0.39, 0.29) is 11.8 Å². The van der Waals surface area contributed by atoms with E-state index < -0.39 is 0 Å². The number of nitrogens with two attached hydrogens (primary N) is 1. The highest BCUT2D eigenvalue weighted by atomic mass is 16.2. The van der Waals surface area contributed by atoms with E-state index in [0.717, 1.165) is 19.6 Å². The number of imidazole rings is 1. The van der Waals surface area contributed by atoms with Crippen molar-refractivity contribution in [2.75, 3.05) is 52.0 Å². The Bertz CT molecular complexity index is 1000. The topological polar surface area (TPSA) is 96.4 Å². The van der Waals surface area contributed by atoms with E-state index in [1.807, 2.05) is 11.9 Å². The molecule has 9 heteroatoms. The number of urea groups is 1. The van der Waals surface area contributed by atoms with Gasteiger partial charge in [-0.25, -0.2) is 19.7 Å². The molecule has 2 aromatic heterocycles. The standard InChI is InChI=1S/C21H28N8O/c1-5-8-29-15-23-18-19(22)24-17(25-20(18)29)7-6-9-27-10-12-28(13-11-27)21(30)26(4)14-16(2)3/h1,15-16H,8-14H2,2-4H3,(H2,22,24,25). The maximum absolute atomic E-state index is 12.5. The van der Waals surface area contributed by atoms with Crippen molar-refractivity contribution in [1.29, 1.82) is 0 Å². The zero-order chi connectivity index (χ0) is 21.7. The van der Waals surface area contributed by atoms with Gasteiger partial charge >= 0.3 is 6.03 Å². The van der Waals surface area contributed by atoms with Crippen LogP contribution in [0.2, 0.25) is 0 Å². The summed E-state index contributed by atoms with van der Waals surface area (Å²) in [5.74, 6) is 9.75. The van der Waals surface area contributed by atoms with Crippen LogP contribution in [0, 0.1) is 30.1 Å². The molecular formula is C21H28N8O. The second kappa shape index (κ2) is 9.47. The summed E-state index contributed by atoms with van der Waals surface area (Å²) in [4.78, 5) is 31.3. The number of carbonyl (C=O) groups is 1. The van der Waals surface area contributed by atoms with Gasteiger partial charge in [0.15, 0.2) is 11.5 Å². The van der Waals surface area contributed by atoms with Crippen LogP contribution in [0.15, 0.2) is 6.33 Å². The number of piperazine rings is 1. The molecule has 2 aromatic rings. The van der Waals surface area contributed by atoms with Crippen LogP contribution in [0.3, 0.4) is 0 Å². The Morgan fingerprint density at radius 3 is 2.67 bits per heavy atom. The van der Waals surface area contributed by atoms with E-state index in [1.165, 1.54) is 0 Å². The van der Waals surface area contributed by atoms with E-state index in [9.17, 15) is 4.79 Å². The summed E-state index contributed by atoms with van der Waals surface area (Å²) in [5, 5.41) is 0. The minimum atomic E-state index is 0.0928. The molecule has 0 spiro atoms. The van der Waals surface area contributed by atoms with Gasteiger partial charge in [-0.1, -0.05) is 25.7 Å². The molecule has 3 heterocycles. The summed E-state index contributed by atoms with van der Waals surface area (Å²) in [7, 11) is 1.86. The number of amides is 2. The molecule has 0 atom stereocenters. The number of anilines is 1. The first-order chi connectivity index (χ1) is 14.4. The highest BCUT2D eigenvalue weighted by Gasteiger charge is 2.23. The van der Waals surface area contributed by atoms with Gasteiger partial charge in [-0.15, -0.1) is 6.42 Å². The predicted octanol–water partition coefficient (Wildman–Crippen LogP) is 0.719. The lowest BCUT2D eigenvalue weighted by Gasteiger charge is -2.36. The Morgan fingerprint density at radius 1 is 1.27 bits per heavy atom. The molecule has 3 rings (SSSR count). The zero-order valence-corrected chi connectivity index (χ0v) is 17.8. The van der Waals surface area contributed by atoms with Crippen LogP contribution in [0.1, 0.15) is 19.7 Å². The lowest BCUT2D eigenvalue weighted by atomic mass is 10.2. The largest absolute Gasteiger partial charge is 0.382 e. The number of rotatable bonds is 4. The number of fused-ring (bicyclic) bond motifs is 1. The molecule has 1 aliphatic heterocycles. The summed E-state index contributed by atoms with van der Waals surface area (Å²) in [6.45, 7) is 8.88. The maximum Gasteiger partial charge on any atom is 0.319 e. The van der Waals surface area contributed by atoms with Crippen LogP contribution >= 0.6 is 0 Å². The smallest absolute Gasteiger partial charge is 0.319 e. The van der Waals surface area contributed by atoms with Crippen LogP contribution in [-0.2, 0) is 6.54 Å². The Morgan fingerprint density at radius 2 is 2.00 bits per heavy atom. The third-order valence-electron chi connectivity index (χ3n) is 4.86. The first-order valence-electron chi connectivity index (χ1n) is 10.0. The van der Waals surface area contributed by atoms with Crippen molar-refractivity contribution in [3.63, 3.8) is 0 Å². The minimum Gasteiger partial charge on any atom is -0.382 e. The Balaban J connectivity index is 1.57. The molecule has 0 unspecified atom stereocenters. The molecule has 0 aromatic carbocycles. The van der Waals surface area contributed by atoms with Crippen molar-refractivity contribution < 1.29 is 4.79 Å². The number of nitrogens with zero attached hydrogens (tertiary/aromatic N) is 7. The fourth-order valence-corrected chi connectivity index (χ4v) is 3.43. The van der Waals surface area contributed by atoms with Gasteiger partial charge < -0.3 is 20.1 Å². The fraction of sp³-hybridized carbons (Fsp3) is 0.524. The summed E-state index contributed by atoms with van der Waals surface area (Å²) in [5.41, 5.74) is 7.09. The van der Waals surface area contributed by atoms with Gasteiger partial charge in [-0.2, -0.15) is 0 Å². The molecule has 158 valence electrons. The molecule has 9 nitrogen and oxygen atoms in total. The number of hydrogen-bond donors (Lipinski definition) is 1. The van der Waals surface area contributed by atoms with Gasteiger partial charge in [0.1, 0.15) is 5.52 Å². The van der Waals surface area contributed by atoms with Crippen LogP contribution < -0.4 is 5.73 Å². The molecule has 2 amide bonds. The molecule has 2 N–H and O–H groups in total. The molecule has 0 bridgehead atoms. The Labute approximate surface area is 177 Å². The van der Waals surface area contributed by atoms with Crippen molar-refractivity contribution in [2.45, 2.75) is 20.4 Å². The van der Waals surface area contributed by atoms with E-state index in [2.05, 4.69) is 51.5 Å². The van der Waals surface area contributed by atoms with Gasteiger partial charge in [0, 0.05) is 39.8 Å². The van der Waals surface area contributed by atoms with E-state index >= 15 is 0 Å². The Hall–Kier alpha value is -3.30. The molecule has 0 radical (unpaired) electrons. The third-order valence-corrected chi connectivity index (χ3v) is 4.86. The number of terminal acetylenes is 1. The summed E-state index contributed by atoms with van der Waals surface area (Å²) in [6, 6.07) is 0.0928. The SMILES string of the molecule is C#CCn1cnc2c(N)nc(C#CCN3CCN(C(=O)N(C)CC(C)C)CC3)nc21. The van der Waals surface area contributed by atoms with Gasteiger partial charge in [0.05, 0.1) is 19.4 Å². The van der Waals surface area contributed by atoms with Crippen molar-refractivity contribution in [1.82, 2.24) is 34.2 Å². The van der Waals surface area contributed by atoms with E-state index in [4.69, 9.17) is 12.2 Å². The van der Waals surface area contributed by atoms with Crippen LogP contribution in [0.25, 0.3) is 11.2 Å². The second-order valence-corrected chi connectivity index (χ2v) is 7.80. The average Bonchev–Trinajstić information content (AvgIpc) is 3.11. The van der Waals surface area contributed by atoms with Crippen molar-refractivity contribution >= 4 is 23.0 Å². The van der Waals surface area contributed by atoms with Crippen molar-refractivity contribution in [3.05, 3.63) is 12.2 Å². The lowest BCUT2D eigenvalue weighted by molar-refractivity contribution is 0.122. The monoisotopic (exact) mass is 408 g/mol. The molecule has 1 saturated heterocycles. The highest BCUT2D eigenvalue weighted by molar-refractivity contribution is 5.82. The van der Waals surface area contributed by atoms with Gasteiger partial charge in [-0.3, -0.25) is 4.90 Å². The van der Waals surface area contributed by atoms with Gasteiger partial charge in [0.25, 0.3) is 0 Å². The lowest BCUT2D eigenvalue weighted by Crippen LogP contribution is -2.52. The van der Waals surface area contributed by atoms with Gasteiger partial charge in [0.2, 0.25) is 5.82 Å². The van der Waals surface area contributed by atoms with E-state index in [0.29, 0.717) is 49.1 Å². The summed E-state index contributed by atoms with van der Waals surface area (Å²) >= 11 is 0. The van der Waals surface area contributed by atoms with Crippen LogP contribution in [0.5, 0.6) is 0 Å². The number of nitrogen functional groups attached to an aromatic ring is 1. The molecule has 30 heavy (non-hydrogen) atoms. The van der Waals surface area contributed by atoms with Gasteiger partial charge in [-0.05, 0) is 11.8 Å². The van der Waals surface area contributed by atoms with Crippen molar-refractivity contribution in [3.8, 4) is 24.2 Å². The predicted molar refractivity (Wildman–Crippen MR) is 116 cm³/mol. The van der Waals surface area contributed by atoms with Crippen molar-refractivity contribution in [2.24, 2.45) is 5.92 Å². The zero-order valence-electron chi connectivity index (χ0n) is 17.8. The molecule has 1 fully saturated rings. The van der Waals surface area contributed by atoms with Crippen LogP contribution in [-0.4, -0.2) is 86.6 Å². The fourth-order valence-electron chi connectivity index (χ4n) is 3.43.